The minimum Gasteiger partial charge on any atom is -0.481 e. The maximum atomic E-state index is 12.5. The van der Waals surface area contributed by atoms with E-state index in [0.29, 0.717) is 12.0 Å². The van der Waals surface area contributed by atoms with E-state index in [-0.39, 0.29) is 11.8 Å². The molecular formula is C15H25NO3. The molecule has 1 N–H and O–H groups in total. The largest absolute Gasteiger partial charge is 0.481 e. The highest BCUT2D eigenvalue weighted by atomic mass is 16.4. The molecule has 0 saturated heterocycles. The van der Waals surface area contributed by atoms with Gasteiger partial charge in [0, 0.05) is 13.1 Å². The molecular weight excluding hydrogens is 242 g/mol. The maximum Gasteiger partial charge on any atom is 0.307 e. The van der Waals surface area contributed by atoms with Crippen LogP contribution in [-0.2, 0) is 9.59 Å². The molecule has 0 radical (unpaired) electrons. The number of aliphatic carboxylic acids is 1. The third kappa shape index (κ3) is 2.49. The Morgan fingerprint density at radius 1 is 1.21 bits per heavy atom. The third-order valence-corrected chi connectivity index (χ3v) is 5.16. The van der Waals surface area contributed by atoms with Gasteiger partial charge in [0.05, 0.1) is 11.8 Å². The van der Waals surface area contributed by atoms with Crippen molar-refractivity contribution in [3.05, 3.63) is 0 Å². The minimum absolute atomic E-state index is 0.0245. The Labute approximate surface area is 115 Å². The van der Waals surface area contributed by atoms with Gasteiger partial charge < -0.3 is 10.0 Å². The summed E-state index contributed by atoms with van der Waals surface area (Å²) in [6, 6.07) is 0.294. The van der Waals surface area contributed by atoms with Crippen LogP contribution in [0.25, 0.3) is 0 Å². The summed E-state index contributed by atoms with van der Waals surface area (Å²) in [5.74, 6) is -1.00. The Morgan fingerprint density at radius 2 is 1.84 bits per heavy atom. The summed E-state index contributed by atoms with van der Waals surface area (Å²) in [6.07, 6.45) is 4.51. The lowest BCUT2D eigenvalue weighted by Crippen LogP contribution is -2.41. The van der Waals surface area contributed by atoms with Gasteiger partial charge in [-0.25, -0.2) is 0 Å². The number of nitrogens with zero attached hydrogens (tertiary/aromatic N) is 1. The van der Waals surface area contributed by atoms with Gasteiger partial charge in [-0.1, -0.05) is 33.6 Å². The number of carboxylic acids is 1. The Kier molecular flexibility index (Phi) is 3.63. The number of rotatable bonds is 3. The molecule has 2 aliphatic rings. The molecule has 0 aromatic rings. The molecule has 108 valence electrons. The van der Waals surface area contributed by atoms with Gasteiger partial charge in [0.2, 0.25) is 5.91 Å². The molecule has 1 amide bonds. The van der Waals surface area contributed by atoms with Crippen LogP contribution in [0.3, 0.4) is 0 Å². The van der Waals surface area contributed by atoms with Crippen molar-refractivity contribution in [3.63, 3.8) is 0 Å². The van der Waals surface area contributed by atoms with Gasteiger partial charge in [-0.3, -0.25) is 9.59 Å². The normalized spacial score (nSPS) is 36.6. The zero-order valence-corrected chi connectivity index (χ0v) is 12.3. The summed E-state index contributed by atoms with van der Waals surface area (Å²) in [5.41, 5.74) is -0.391. The molecule has 0 bridgehead atoms. The first-order valence-electron chi connectivity index (χ1n) is 7.26. The van der Waals surface area contributed by atoms with E-state index in [2.05, 4.69) is 6.92 Å². The number of amides is 1. The van der Waals surface area contributed by atoms with Gasteiger partial charge in [-0.05, 0) is 24.2 Å². The third-order valence-electron chi connectivity index (χ3n) is 5.16. The summed E-state index contributed by atoms with van der Waals surface area (Å²) in [4.78, 5) is 25.5. The second-order valence-corrected chi connectivity index (χ2v) is 6.99. The highest BCUT2D eigenvalue weighted by molar-refractivity contribution is 5.91. The number of carbonyl (C=O) groups excluding carboxylic acids is 1. The molecule has 2 saturated carbocycles. The van der Waals surface area contributed by atoms with Gasteiger partial charge in [-0.15, -0.1) is 0 Å². The average Bonchev–Trinajstić information content (AvgIpc) is 2.90. The van der Waals surface area contributed by atoms with Gasteiger partial charge in [0.25, 0.3) is 0 Å². The topological polar surface area (TPSA) is 57.6 Å². The van der Waals surface area contributed by atoms with Crippen LogP contribution in [0, 0.1) is 23.2 Å². The Balaban J connectivity index is 2.02. The lowest BCUT2D eigenvalue weighted by molar-refractivity contribution is -0.142. The van der Waals surface area contributed by atoms with E-state index in [1.807, 2.05) is 25.8 Å². The van der Waals surface area contributed by atoms with Crippen LogP contribution < -0.4 is 0 Å². The highest BCUT2D eigenvalue weighted by Gasteiger charge is 2.66. The van der Waals surface area contributed by atoms with Crippen molar-refractivity contribution in [3.8, 4) is 0 Å². The van der Waals surface area contributed by atoms with Crippen molar-refractivity contribution in [1.29, 1.82) is 0 Å². The van der Waals surface area contributed by atoms with Crippen molar-refractivity contribution in [2.75, 3.05) is 7.05 Å². The first kappa shape index (κ1) is 14.4. The van der Waals surface area contributed by atoms with Crippen LogP contribution in [0.5, 0.6) is 0 Å². The van der Waals surface area contributed by atoms with Crippen molar-refractivity contribution in [1.82, 2.24) is 4.90 Å². The molecule has 4 atom stereocenters. The highest BCUT2D eigenvalue weighted by Crippen LogP contribution is 2.59. The lowest BCUT2D eigenvalue weighted by Gasteiger charge is -2.34. The fourth-order valence-corrected chi connectivity index (χ4v) is 3.71. The van der Waals surface area contributed by atoms with E-state index >= 15 is 0 Å². The van der Waals surface area contributed by atoms with Crippen LogP contribution in [0.4, 0.5) is 0 Å². The predicted molar refractivity (Wildman–Crippen MR) is 72.6 cm³/mol. The smallest absolute Gasteiger partial charge is 0.307 e. The fourth-order valence-electron chi connectivity index (χ4n) is 3.71. The standard InChI is InChI=1S/C15H25NO3/c1-9-6-5-7-10(8-9)16(4)13(17)11-12(14(18)19)15(11,2)3/h9-12H,5-8H2,1-4H3,(H,18,19)/t9?,10?,11-,12+/m1/s1. The Hall–Kier alpha value is -1.06. The molecule has 0 aromatic heterocycles. The molecule has 0 spiro atoms. The van der Waals surface area contributed by atoms with Crippen molar-refractivity contribution in [2.45, 2.75) is 52.5 Å². The van der Waals surface area contributed by atoms with E-state index in [4.69, 9.17) is 0 Å². The first-order valence-corrected chi connectivity index (χ1v) is 7.26. The molecule has 19 heavy (non-hydrogen) atoms. The van der Waals surface area contributed by atoms with Crippen LogP contribution in [0.15, 0.2) is 0 Å². The summed E-state index contributed by atoms with van der Waals surface area (Å²) in [6.45, 7) is 5.99. The Bertz CT molecular complexity index is 391. The molecule has 4 heteroatoms. The maximum absolute atomic E-state index is 12.5. The average molecular weight is 267 g/mol. The van der Waals surface area contributed by atoms with Gasteiger partial charge in [0.1, 0.15) is 0 Å². The van der Waals surface area contributed by atoms with Crippen molar-refractivity contribution >= 4 is 11.9 Å². The first-order chi connectivity index (χ1) is 8.76. The molecule has 2 rings (SSSR count). The summed E-state index contributed by atoms with van der Waals surface area (Å²) in [5, 5.41) is 9.17. The molecule has 2 unspecified atom stereocenters. The molecule has 0 aliphatic heterocycles. The van der Waals surface area contributed by atoms with Gasteiger partial charge >= 0.3 is 5.97 Å². The number of carboxylic acid groups (broad SMARTS) is 1. The van der Waals surface area contributed by atoms with Crippen LogP contribution in [0.2, 0.25) is 0 Å². The van der Waals surface area contributed by atoms with E-state index in [0.717, 1.165) is 12.8 Å². The molecule has 2 fully saturated rings. The summed E-state index contributed by atoms with van der Waals surface area (Å²) >= 11 is 0. The minimum atomic E-state index is -0.839. The number of carbonyl (C=O) groups is 2. The molecule has 2 aliphatic carbocycles. The van der Waals surface area contributed by atoms with E-state index in [9.17, 15) is 14.7 Å². The second kappa shape index (κ2) is 4.80. The van der Waals surface area contributed by atoms with Crippen LogP contribution in [-0.4, -0.2) is 35.0 Å². The van der Waals surface area contributed by atoms with Crippen molar-refractivity contribution in [2.24, 2.45) is 23.2 Å². The zero-order chi connectivity index (χ0) is 14.4. The number of hydrogen-bond acceptors (Lipinski definition) is 2. The summed E-state index contributed by atoms with van der Waals surface area (Å²) in [7, 11) is 1.85. The fraction of sp³-hybridized carbons (Fsp3) is 0.867. The molecule has 4 nitrogen and oxygen atoms in total. The SMILES string of the molecule is CC1CCCC(N(C)C(=O)[C@H]2[C@@H](C(=O)O)C2(C)C)C1. The predicted octanol–water partition coefficient (Wildman–Crippen LogP) is 2.38. The second-order valence-electron chi connectivity index (χ2n) is 6.99. The molecule has 0 aromatic carbocycles. The van der Waals surface area contributed by atoms with Gasteiger partial charge in [0.15, 0.2) is 0 Å². The van der Waals surface area contributed by atoms with E-state index in [1.165, 1.54) is 12.8 Å². The molecule has 0 heterocycles. The van der Waals surface area contributed by atoms with Crippen LogP contribution >= 0.6 is 0 Å². The van der Waals surface area contributed by atoms with Crippen molar-refractivity contribution < 1.29 is 14.7 Å². The van der Waals surface area contributed by atoms with E-state index in [1.54, 1.807) is 0 Å². The van der Waals surface area contributed by atoms with Crippen LogP contribution in [0.1, 0.15) is 46.5 Å². The summed E-state index contributed by atoms with van der Waals surface area (Å²) < 4.78 is 0. The Morgan fingerprint density at radius 3 is 2.32 bits per heavy atom. The number of hydrogen-bond donors (Lipinski definition) is 1. The monoisotopic (exact) mass is 267 g/mol. The quantitative estimate of drug-likeness (QED) is 0.854. The van der Waals surface area contributed by atoms with Gasteiger partial charge in [-0.2, -0.15) is 0 Å². The zero-order valence-electron chi connectivity index (χ0n) is 12.3. The van der Waals surface area contributed by atoms with E-state index < -0.39 is 17.3 Å². The lowest BCUT2D eigenvalue weighted by atomic mass is 9.86.